The normalized spacial score (nSPS) is 16.5. The number of hydrogen-bond acceptors (Lipinski definition) is 6. The van der Waals surface area contributed by atoms with Gasteiger partial charge in [-0.2, -0.15) is 0 Å². The largest absolute Gasteiger partial charge is 0.495 e. The molecule has 1 saturated heterocycles. The molecule has 9 nitrogen and oxygen atoms in total. The second-order valence-corrected chi connectivity index (χ2v) is 7.55. The average Bonchev–Trinajstić information content (AvgIpc) is 3.40. The van der Waals surface area contributed by atoms with Crippen molar-refractivity contribution in [1.29, 1.82) is 0 Å². The zero-order valence-corrected chi connectivity index (χ0v) is 17.5. The number of amides is 2. The summed E-state index contributed by atoms with van der Waals surface area (Å²) in [7, 11) is 1.56. The van der Waals surface area contributed by atoms with Gasteiger partial charge in [-0.15, -0.1) is 10.2 Å². The van der Waals surface area contributed by atoms with Gasteiger partial charge in [0.05, 0.1) is 25.4 Å². The Kier molecular flexibility index (Phi) is 6.13. The maximum absolute atomic E-state index is 13.4. The van der Waals surface area contributed by atoms with Crippen molar-refractivity contribution in [2.75, 3.05) is 31.6 Å². The molecule has 2 N–H and O–H groups in total. The van der Waals surface area contributed by atoms with Gasteiger partial charge < -0.3 is 15.4 Å². The van der Waals surface area contributed by atoms with Crippen molar-refractivity contribution in [1.82, 2.24) is 19.5 Å². The van der Waals surface area contributed by atoms with E-state index in [0.29, 0.717) is 11.4 Å². The molecule has 3 heterocycles. The Morgan fingerprint density at radius 3 is 2.81 bits per heavy atom. The van der Waals surface area contributed by atoms with Crippen LogP contribution >= 0.6 is 0 Å². The highest BCUT2D eigenvalue weighted by Crippen LogP contribution is 2.32. The second kappa shape index (κ2) is 9.13. The van der Waals surface area contributed by atoms with E-state index >= 15 is 0 Å². The number of methoxy groups -OCH3 is 1. The van der Waals surface area contributed by atoms with Gasteiger partial charge >= 0.3 is 0 Å². The quantitative estimate of drug-likeness (QED) is 0.593. The van der Waals surface area contributed by atoms with Gasteiger partial charge in [-0.1, -0.05) is 18.2 Å². The number of nitrogens with zero attached hydrogens (tertiary/aromatic N) is 5. The standard InChI is InChI=1S/C22H26N6O3/c1-31-18-9-3-2-7-16(18)27(14-11-19(23)29)21(30)15-26-12-6-8-17(26)22-25-24-20-10-4-5-13-28(20)22/h2-5,7,9-10,13,17H,6,8,11-12,14-15H2,1H3,(H2,23,29)/t17-/m0/s1. The molecule has 4 rings (SSSR count). The minimum Gasteiger partial charge on any atom is -0.495 e. The molecular weight excluding hydrogens is 396 g/mol. The van der Waals surface area contributed by atoms with Crippen molar-refractivity contribution in [2.24, 2.45) is 5.73 Å². The molecule has 1 aromatic carbocycles. The molecule has 0 bridgehead atoms. The first-order valence-electron chi connectivity index (χ1n) is 10.3. The van der Waals surface area contributed by atoms with E-state index in [1.165, 1.54) is 0 Å². The molecule has 1 atom stereocenters. The summed E-state index contributed by atoms with van der Waals surface area (Å²) in [6, 6.07) is 13.1. The van der Waals surface area contributed by atoms with Crippen LogP contribution in [0.2, 0.25) is 0 Å². The first-order valence-corrected chi connectivity index (χ1v) is 10.3. The van der Waals surface area contributed by atoms with Gasteiger partial charge in [0.1, 0.15) is 5.75 Å². The number of para-hydroxylation sites is 2. The van der Waals surface area contributed by atoms with Gasteiger partial charge in [0.2, 0.25) is 11.8 Å². The first-order chi connectivity index (χ1) is 15.1. The van der Waals surface area contributed by atoms with Crippen LogP contribution < -0.4 is 15.4 Å². The van der Waals surface area contributed by atoms with E-state index in [-0.39, 0.29) is 31.5 Å². The van der Waals surface area contributed by atoms with E-state index in [0.717, 1.165) is 30.9 Å². The Hall–Kier alpha value is -3.46. The van der Waals surface area contributed by atoms with Crippen molar-refractivity contribution in [2.45, 2.75) is 25.3 Å². The summed E-state index contributed by atoms with van der Waals surface area (Å²) < 4.78 is 7.41. The molecule has 1 fully saturated rings. The first kappa shape index (κ1) is 20.8. The molecule has 0 radical (unpaired) electrons. The summed E-state index contributed by atoms with van der Waals surface area (Å²) in [5.41, 5.74) is 6.77. The van der Waals surface area contributed by atoms with Gasteiger partial charge in [0.15, 0.2) is 11.5 Å². The van der Waals surface area contributed by atoms with E-state index in [1.807, 2.05) is 47.0 Å². The van der Waals surface area contributed by atoms with Crippen LogP contribution in [0, 0.1) is 0 Å². The third kappa shape index (κ3) is 4.36. The molecule has 9 heteroatoms. The molecule has 2 aromatic heterocycles. The number of rotatable bonds is 8. The maximum Gasteiger partial charge on any atom is 0.241 e. The van der Waals surface area contributed by atoms with E-state index in [4.69, 9.17) is 10.5 Å². The molecular formula is C22H26N6O3. The van der Waals surface area contributed by atoms with Crippen molar-refractivity contribution in [3.05, 3.63) is 54.5 Å². The molecule has 3 aromatic rings. The van der Waals surface area contributed by atoms with E-state index < -0.39 is 5.91 Å². The van der Waals surface area contributed by atoms with Crippen LogP contribution in [0.3, 0.4) is 0 Å². The molecule has 0 unspecified atom stereocenters. The number of nitrogens with two attached hydrogens (primary N) is 1. The topological polar surface area (TPSA) is 106 Å². The Balaban J connectivity index is 1.57. The molecule has 0 spiro atoms. The predicted molar refractivity (Wildman–Crippen MR) is 116 cm³/mol. The number of pyridine rings is 1. The minimum atomic E-state index is -0.457. The third-order valence-corrected chi connectivity index (χ3v) is 5.60. The lowest BCUT2D eigenvalue weighted by molar-refractivity contribution is -0.120. The molecule has 1 aliphatic heterocycles. The number of fused-ring (bicyclic) bond motifs is 1. The second-order valence-electron chi connectivity index (χ2n) is 7.55. The highest BCUT2D eigenvalue weighted by molar-refractivity contribution is 5.96. The van der Waals surface area contributed by atoms with Gasteiger partial charge in [-0.05, 0) is 43.7 Å². The Labute approximate surface area is 180 Å². The molecule has 0 aliphatic carbocycles. The molecule has 0 saturated carbocycles. The summed E-state index contributed by atoms with van der Waals surface area (Å²) in [6.07, 6.45) is 3.88. The van der Waals surface area contributed by atoms with Gasteiger partial charge in [0.25, 0.3) is 0 Å². The zero-order valence-electron chi connectivity index (χ0n) is 17.5. The highest BCUT2D eigenvalue weighted by atomic mass is 16.5. The highest BCUT2D eigenvalue weighted by Gasteiger charge is 2.33. The number of hydrogen-bond donors (Lipinski definition) is 1. The Morgan fingerprint density at radius 2 is 2.00 bits per heavy atom. The summed E-state index contributed by atoms with van der Waals surface area (Å²) >= 11 is 0. The number of anilines is 1. The predicted octanol–water partition coefficient (Wildman–Crippen LogP) is 1.78. The monoisotopic (exact) mass is 422 g/mol. The smallest absolute Gasteiger partial charge is 0.241 e. The van der Waals surface area contributed by atoms with Crippen LogP contribution in [-0.4, -0.2) is 58.1 Å². The number of ether oxygens (including phenoxy) is 1. The molecule has 2 amide bonds. The number of likely N-dealkylation sites (tertiary alicyclic amines) is 1. The van der Waals surface area contributed by atoms with Crippen LogP contribution in [0.5, 0.6) is 5.75 Å². The lowest BCUT2D eigenvalue weighted by Crippen LogP contribution is -2.42. The summed E-state index contributed by atoms with van der Waals surface area (Å²) in [5, 5.41) is 8.64. The fourth-order valence-corrected chi connectivity index (χ4v) is 4.11. The SMILES string of the molecule is COc1ccccc1N(CCC(N)=O)C(=O)CN1CCC[C@H]1c1nnc2ccccn12. The third-order valence-electron chi connectivity index (χ3n) is 5.60. The zero-order chi connectivity index (χ0) is 21.8. The van der Waals surface area contributed by atoms with Crippen molar-refractivity contribution in [3.63, 3.8) is 0 Å². The van der Waals surface area contributed by atoms with Crippen LogP contribution in [0.25, 0.3) is 5.65 Å². The van der Waals surface area contributed by atoms with Gasteiger partial charge in [-0.25, -0.2) is 0 Å². The minimum absolute atomic E-state index is 0.00277. The van der Waals surface area contributed by atoms with Crippen LogP contribution in [0.4, 0.5) is 5.69 Å². The number of benzene rings is 1. The molecule has 162 valence electrons. The number of primary amides is 1. The summed E-state index contributed by atoms with van der Waals surface area (Å²) in [6.45, 7) is 1.18. The fraction of sp³-hybridized carbons (Fsp3) is 0.364. The van der Waals surface area contributed by atoms with Crippen molar-refractivity contribution in [3.8, 4) is 5.75 Å². The number of carbonyl (C=O) groups excluding carboxylic acids is 2. The molecule has 1 aliphatic rings. The van der Waals surface area contributed by atoms with Gasteiger partial charge in [-0.3, -0.25) is 18.9 Å². The Bertz CT molecular complexity index is 1080. The Morgan fingerprint density at radius 1 is 1.19 bits per heavy atom. The maximum atomic E-state index is 13.4. The number of carbonyl (C=O) groups is 2. The fourth-order valence-electron chi connectivity index (χ4n) is 4.11. The number of aromatic nitrogens is 3. The van der Waals surface area contributed by atoms with Crippen LogP contribution in [0.15, 0.2) is 48.7 Å². The van der Waals surface area contributed by atoms with Crippen LogP contribution in [-0.2, 0) is 9.59 Å². The lowest BCUT2D eigenvalue weighted by Gasteiger charge is -2.28. The van der Waals surface area contributed by atoms with Crippen molar-refractivity contribution >= 4 is 23.1 Å². The summed E-state index contributed by atoms with van der Waals surface area (Å²) in [5.74, 6) is 0.830. The van der Waals surface area contributed by atoms with Gasteiger partial charge in [0, 0.05) is 19.2 Å². The van der Waals surface area contributed by atoms with Crippen molar-refractivity contribution < 1.29 is 14.3 Å². The summed E-state index contributed by atoms with van der Waals surface area (Å²) in [4.78, 5) is 28.5. The van der Waals surface area contributed by atoms with Crippen LogP contribution in [0.1, 0.15) is 31.1 Å². The van der Waals surface area contributed by atoms with E-state index in [2.05, 4.69) is 15.1 Å². The molecule has 31 heavy (non-hydrogen) atoms. The lowest BCUT2D eigenvalue weighted by atomic mass is 10.2. The van der Waals surface area contributed by atoms with E-state index in [1.54, 1.807) is 18.1 Å². The van der Waals surface area contributed by atoms with E-state index in [9.17, 15) is 9.59 Å². The average molecular weight is 422 g/mol.